The average molecular weight is 459 g/mol. The molecule has 4 rings (SSSR count). The van der Waals surface area contributed by atoms with Crippen LogP contribution in [0.2, 0.25) is 0 Å². The number of para-hydroxylation sites is 1. The van der Waals surface area contributed by atoms with Gasteiger partial charge in [-0.3, -0.25) is 9.69 Å². The zero-order valence-electron chi connectivity index (χ0n) is 17.9. The van der Waals surface area contributed by atoms with Crippen LogP contribution in [0.25, 0.3) is 10.2 Å². The van der Waals surface area contributed by atoms with Gasteiger partial charge >= 0.3 is 0 Å². The van der Waals surface area contributed by atoms with Gasteiger partial charge in [-0.15, -0.1) is 0 Å². The van der Waals surface area contributed by atoms with Crippen LogP contribution >= 0.6 is 11.3 Å². The number of rotatable bonds is 6. The van der Waals surface area contributed by atoms with Gasteiger partial charge in [-0.1, -0.05) is 49.4 Å². The van der Waals surface area contributed by atoms with E-state index in [0.29, 0.717) is 24.2 Å². The van der Waals surface area contributed by atoms with Crippen molar-refractivity contribution in [3.8, 4) is 0 Å². The number of fused-ring (bicyclic) bond motifs is 1. The Kier molecular flexibility index (Phi) is 6.14. The van der Waals surface area contributed by atoms with E-state index in [-0.39, 0.29) is 22.5 Å². The number of anilines is 1. The summed E-state index contributed by atoms with van der Waals surface area (Å²) in [5.41, 5.74) is 2.17. The van der Waals surface area contributed by atoms with E-state index in [9.17, 15) is 13.2 Å². The lowest BCUT2D eigenvalue weighted by Crippen LogP contribution is -2.38. The molecule has 1 aromatic heterocycles. The minimum absolute atomic E-state index is 0.0290. The zero-order valence-corrected chi connectivity index (χ0v) is 19.5. The van der Waals surface area contributed by atoms with Crippen LogP contribution in [0.1, 0.15) is 48.5 Å². The molecule has 1 aliphatic rings. The summed E-state index contributed by atoms with van der Waals surface area (Å²) in [5.74, 6) is -0.0754. The molecule has 0 spiro atoms. The molecule has 1 aliphatic heterocycles. The number of carbonyl (C=O) groups excluding carboxylic acids is 1. The summed E-state index contributed by atoms with van der Waals surface area (Å²) >= 11 is 1.45. The number of hydrogen-bond donors (Lipinski definition) is 0. The number of hydrogen-bond acceptors (Lipinski definition) is 6. The van der Waals surface area contributed by atoms with Crippen LogP contribution in [0, 0.1) is 0 Å². The molecule has 0 aliphatic carbocycles. The molecule has 2 aromatic carbocycles. The largest absolute Gasteiger partial charge is 0.376 e. The second-order valence-electron chi connectivity index (χ2n) is 8.16. The number of benzene rings is 2. The van der Waals surface area contributed by atoms with Gasteiger partial charge in [-0.2, -0.15) is 0 Å². The minimum atomic E-state index is -3.56. The molecule has 3 aromatic rings. The van der Waals surface area contributed by atoms with E-state index in [1.54, 1.807) is 23.1 Å². The van der Waals surface area contributed by atoms with Crippen LogP contribution in [0.4, 0.5) is 5.13 Å². The van der Waals surface area contributed by atoms with E-state index in [1.165, 1.54) is 17.4 Å². The van der Waals surface area contributed by atoms with Crippen LogP contribution in [-0.2, 0) is 14.6 Å². The number of amides is 1. The summed E-state index contributed by atoms with van der Waals surface area (Å²) in [7, 11) is -3.56. The van der Waals surface area contributed by atoms with E-state index in [4.69, 9.17) is 9.72 Å². The standard InChI is InChI=1S/C23H26N2O4S2/c1-15(2)17-10-6-11-19-21(17)24-23(30-19)25(14-16-8-7-13-29-16)22(26)18-9-4-5-12-20(18)31(3,27)28/h4-6,9-12,15-16H,7-8,13-14H2,1-3H3. The van der Waals surface area contributed by atoms with E-state index in [2.05, 4.69) is 19.9 Å². The van der Waals surface area contributed by atoms with Crippen molar-refractivity contribution in [2.75, 3.05) is 24.3 Å². The van der Waals surface area contributed by atoms with Crippen molar-refractivity contribution in [3.05, 3.63) is 53.6 Å². The smallest absolute Gasteiger partial charge is 0.261 e. The fraction of sp³-hybridized carbons (Fsp3) is 0.391. The van der Waals surface area contributed by atoms with Crippen LogP contribution in [-0.4, -0.2) is 44.8 Å². The Bertz CT molecular complexity index is 1210. The summed E-state index contributed by atoms with van der Waals surface area (Å²) in [6, 6.07) is 12.4. The van der Waals surface area contributed by atoms with Crippen LogP contribution in [0.15, 0.2) is 47.4 Å². The first kappa shape index (κ1) is 21.9. The molecule has 8 heteroatoms. The molecule has 0 radical (unpaired) electrons. The Balaban J connectivity index is 1.82. The minimum Gasteiger partial charge on any atom is -0.376 e. The summed E-state index contributed by atoms with van der Waals surface area (Å²) in [5, 5.41) is 0.562. The molecule has 1 amide bonds. The maximum absolute atomic E-state index is 13.7. The highest BCUT2D eigenvalue weighted by Gasteiger charge is 2.30. The Hall–Kier alpha value is -2.29. The third-order valence-corrected chi connectivity index (χ3v) is 7.66. The van der Waals surface area contributed by atoms with Gasteiger partial charge in [0.2, 0.25) is 0 Å². The third kappa shape index (κ3) is 4.51. The number of carbonyl (C=O) groups is 1. The van der Waals surface area contributed by atoms with E-state index < -0.39 is 9.84 Å². The summed E-state index contributed by atoms with van der Waals surface area (Å²) in [6.07, 6.45) is 2.84. The zero-order chi connectivity index (χ0) is 22.2. The number of aromatic nitrogens is 1. The normalized spacial score (nSPS) is 16.8. The van der Waals surface area contributed by atoms with Crippen molar-refractivity contribution >= 4 is 42.4 Å². The predicted octanol–water partition coefficient (Wildman–Crippen LogP) is 4.65. The topological polar surface area (TPSA) is 76.6 Å². The monoisotopic (exact) mass is 458 g/mol. The van der Waals surface area contributed by atoms with Crippen molar-refractivity contribution in [2.45, 2.75) is 43.6 Å². The molecular formula is C23H26N2O4S2. The number of ether oxygens (including phenoxy) is 1. The van der Waals surface area contributed by atoms with Gasteiger partial charge in [-0.05, 0) is 42.5 Å². The molecule has 6 nitrogen and oxygen atoms in total. The van der Waals surface area contributed by atoms with Gasteiger partial charge in [0.05, 0.1) is 33.3 Å². The highest BCUT2D eigenvalue weighted by molar-refractivity contribution is 7.90. The van der Waals surface area contributed by atoms with Gasteiger partial charge < -0.3 is 4.74 Å². The Labute approximate surface area is 186 Å². The van der Waals surface area contributed by atoms with Gasteiger partial charge in [0.25, 0.3) is 5.91 Å². The molecular weight excluding hydrogens is 432 g/mol. The number of sulfone groups is 1. The predicted molar refractivity (Wildman–Crippen MR) is 124 cm³/mol. The molecule has 31 heavy (non-hydrogen) atoms. The fourth-order valence-electron chi connectivity index (χ4n) is 3.89. The fourth-order valence-corrected chi connectivity index (χ4v) is 5.78. The van der Waals surface area contributed by atoms with Crippen molar-refractivity contribution in [3.63, 3.8) is 0 Å². The Morgan fingerprint density at radius 1 is 1.23 bits per heavy atom. The van der Waals surface area contributed by atoms with Crippen molar-refractivity contribution in [2.24, 2.45) is 0 Å². The number of thiazole rings is 1. The number of nitrogens with zero attached hydrogens (tertiary/aromatic N) is 2. The average Bonchev–Trinajstić information content (AvgIpc) is 3.39. The highest BCUT2D eigenvalue weighted by atomic mass is 32.2. The first-order valence-corrected chi connectivity index (χ1v) is 13.1. The lowest BCUT2D eigenvalue weighted by Gasteiger charge is -2.24. The second-order valence-corrected chi connectivity index (χ2v) is 11.2. The van der Waals surface area contributed by atoms with Crippen molar-refractivity contribution < 1.29 is 17.9 Å². The van der Waals surface area contributed by atoms with Crippen LogP contribution in [0.5, 0.6) is 0 Å². The quantitative estimate of drug-likeness (QED) is 0.537. The SMILES string of the molecule is CC(C)c1cccc2sc(N(CC3CCCO3)C(=O)c3ccccc3S(C)(=O)=O)nc12. The summed E-state index contributed by atoms with van der Waals surface area (Å²) in [4.78, 5) is 20.1. The van der Waals surface area contributed by atoms with E-state index in [0.717, 1.165) is 34.9 Å². The first-order valence-electron chi connectivity index (χ1n) is 10.4. The van der Waals surface area contributed by atoms with E-state index in [1.807, 2.05) is 12.1 Å². The van der Waals surface area contributed by atoms with E-state index >= 15 is 0 Å². The third-order valence-electron chi connectivity index (χ3n) is 5.46. The first-order chi connectivity index (χ1) is 14.8. The summed E-state index contributed by atoms with van der Waals surface area (Å²) in [6.45, 7) is 5.24. The molecule has 1 unspecified atom stereocenters. The highest BCUT2D eigenvalue weighted by Crippen LogP contribution is 2.35. The van der Waals surface area contributed by atoms with Crippen LogP contribution < -0.4 is 4.90 Å². The van der Waals surface area contributed by atoms with Crippen molar-refractivity contribution in [1.82, 2.24) is 4.98 Å². The van der Waals surface area contributed by atoms with Gasteiger partial charge in [0.15, 0.2) is 15.0 Å². The second kappa shape index (κ2) is 8.68. The van der Waals surface area contributed by atoms with Crippen molar-refractivity contribution in [1.29, 1.82) is 0 Å². The molecule has 0 bridgehead atoms. The maximum Gasteiger partial charge on any atom is 0.261 e. The van der Waals surface area contributed by atoms with Gasteiger partial charge in [-0.25, -0.2) is 13.4 Å². The maximum atomic E-state index is 13.7. The Morgan fingerprint density at radius 3 is 2.68 bits per heavy atom. The van der Waals surface area contributed by atoms with Gasteiger partial charge in [0, 0.05) is 12.9 Å². The summed E-state index contributed by atoms with van der Waals surface area (Å²) < 4.78 is 31.4. The molecule has 0 saturated carbocycles. The molecule has 1 atom stereocenters. The molecule has 2 heterocycles. The molecule has 0 N–H and O–H groups in total. The lowest BCUT2D eigenvalue weighted by atomic mass is 10.0. The lowest BCUT2D eigenvalue weighted by molar-refractivity contribution is 0.0915. The Morgan fingerprint density at radius 2 is 2.00 bits per heavy atom. The van der Waals surface area contributed by atoms with Gasteiger partial charge in [0.1, 0.15) is 0 Å². The molecule has 1 saturated heterocycles. The molecule has 164 valence electrons. The van der Waals surface area contributed by atoms with Crippen LogP contribution in [0.3, 0.4) is 0 Å². The molecule has 1 fully saturated rings.